The van der Waals surface area contributed by atoms with Crippen molar-refractivity contribution in [1.29, 1.82) is 0 Å². The van der Waals surface area contributed by atoms with Crippen molar-refractivity contribution < 1.29 is 19.0 Å². The Morgan fingerprint density at radius 2 is 1.85 bits per heavy atom. The highest BCUT2D eigenvalue weighted by Gasteiger charge is 2.12. The summed E-state index contributed by atoms with van der Waals surface area (Å²) in [6, 6.07) is 13.4. The van der Waals surface area contributed by atoms with Crippen LogP contribution < -0.4 is 9.47 Å². The molecule has 0 aromatic heterocycles. The molecule has 2 rings (SSSR count). The Balaban J connectivity index is 2.01. The van der Waals surface area contributed by atoms with E-state index in [2.05, 4.69) is 0 Å². The lowest BCUT2D eigenvalue weighted by molar-refractivity contribution is 0.204. The van der Waals surface area contributed by atoms with Crippen LogP contribution in [0.4, 0.5) is 4.39 Å². The molecular formula is C16H17FO3. The highest BCUT2D eigenvalue weighted by atomic mass is 19.1. The summed E-state index contributed by atoms with van der Waals surface area (Å²) in [7, 11) is 1.60. The summed E-state index contributed by atoms with van der Waals surface area (Å²) in [4.78, 5) is 0. The molecule has 0 fully saturated rings. The first-order valence-electron chi connectivity index (χ1n) is 6.36. The molecule has 0 heterocycles. The van der Waals surface area contributed by atoms with Gasteiger partial charge in [-0.2, -0.15) is 0 Å². The Morgan fingerprint density at radius 1 is 1.10 bits per heavy atom. The normalized spacial score (nSPS) is 11.9. The minimum atomic E-state index is -0.340. The molecule has 106 valence electrons. The first kappa shape index (κ1) is 14.3. The number of aliphatic hydroxyl groups is 1. The van der Waals surface area contributed by atoms with Crippen LogP contribution in [-0.4, -0.2) is 25.4 Å². The summed E-state index contributed by atoms with van der Waals surface area (Å²) in [6.45, 7) is 0.244. The van der Waals surface area contributed by atoms with Crippen LogP contribution in [-0.2, 0) is 0 Å². The molecule has 0 aliphatic rings. The van der Waals surface area contributed by atoms with E-state index in [9.17, 15) is 9.50 Å². The highest BCUT2D eigenvalue weighted by Crippen LogP contribution is 2.21. The zero-order valence-electron chi connectivity index (χ0n) is 11.3. The highest BCUT2D eigenvalue weighted by molar-refractivity contribution is 5.30. The van der Waals surface area contributed by atoms with Crippen LogP contribution in [0.2, 0.25) is 0 Å². The van der Waals surface area contributed by atoms with Gasteiger partial charge in [0, 0.05) is 12.0 Å². The molecule has 0 radical (unpaired) electrons. The van der Waals surface area contributed by atoms with E-state index >= 15 is 0 Å². The SMILES string of the molecule is COc1ccc(C(CO)COc2cccc(F)c2)cc1. The quantitative estimate of drug-likeness (QED) is 0.881. The fourth-order valence-electron chi connectivity index (χ4n) is 1.88. The molecule has 1 unspecified atom stereocenters. The molecule has 20 heavy (non-hydrogen) atoms. The maximum absolute atomic E-state index is 13.0. The lowest BCUT2D eigenvalue weighted by Crippen LogP contribution is -2.14. The molecule has 1 N–H and O–H groups in total. The summed E-state index contributed by atoms with van der Waals surface area (Å²) in [6.07, 6.45) is 0. The molecule has 3 nitrogen and oxygen atoms in total. The fraction of sp³-hybridized carbons (Fsp3) is 0.250. The van der Waals surface area contributed by atoms with Crippen LogP contribution in [0.1, 0.15) is 11.5 Å². The number of aliphatic hydroxyl groups excluding tert-OH is 1. The molecule has 0 saturated heterocycles. The third-order valence-corrected chi connectivity index (χ3v) is 3.05. The Morgan fingerprint density at radius 3 is 2.45 bits per heavy atom. The summed E-state index contributed by atoms with van der Waals surface area (Å²) in [5.74, 6) is 0.713. The van der Waals surface area contributed by atoms with Crippen LogP contribution in [0, 0.1) is 5.82 Å². The van der Waals surface area contributed by atoms with E-state index in [-0.39, 0.29) is 24.9 Å². The fourth-order valence-corrected chi connectivity index (χ4v) is 1.88. The minimum absolute atomic E-state index is 0.0400. The van der Waals surface area contributed by atoms with Crippen LogP contribution in [0.5, 0.6) is 11.5 Å². The Hall–Kier alpha value is -2.07. The molecule has 0 aliphatic heterocycles. The van der Waals surface area contributed by atoms with Gasteiger partial charge < -0.3 is 14.6 Å². The van der Waals surface area contributed by atoms with Gasteiger partial charge in [0.15, 0.2) is 0 Å². The van der Waals surface area contributed by atoms with E-state index in [1.165, 1.54) is 12.1 Å². The maximum atomic E-state index is 13.0. The van der Waals surface area contributed by atoms with Gasteiger partial charge in [0.25, 0.3) is 0 Å². The molecule has 2 aromatic carbocycles. The van der Waals surface area contributed by atoms with Crippen molar-refractivity contribution in [3.63, 3.8) is 0 Å². The van der Waals surface area contributed by atoms with E-state index in [1.807, 2.05) is 24.3 Å². The maximum Gasteiger partial charge on any atom is 0.126 e. The first-order valence-corrected chi connectivity index (χ1v) is 6.36. The predicted octanol–water partition coefficient (Wildman–Crippen LogP) is 2.99. The molecule has 0 aliphatic carbocycles. The minimum Gasteiger partial charge on any atom is -0.497 e. The second-order valence-corrected chi connectivity index (χ2v) is 4.42. The summed E-state index contributed by atoms with van der Waals surface area (Å²) < 4.78 is 23.6. The van der Waals surface area contributed by atoms with Gasteiger partial charge >= 0.3 is 0 Å². The van der Waals surface area contributed by atoms with Crippen LogP contribution in [0.25, 0.3) is 0 Å². The summed E-state index contributed by atoms with van der Waals surface area (Å²) in [5, 5.41) is 9.45. The number of benzene rings is 2. The van der Waals surface area contributed by atoms with Crippen LogP contribution >= 0.6 is 0 Å². The molecule has 0 amide bonds. The molecule has 0 saturated carbocycles. The summed E-state index contributed by atoms with van der Waals surface area (Å²) >= 11 is 0. The zero-order chi connectivity index (χ0) is 14.4. The van der Waals surface area contributed by atoms with Crippen molar-refractivity contribution in [3.8, 4) is 11.5 Å². The van der Waals surface area contributed by atoms with E-state index < -0.39 is 0 Å². The second-order valence-electron chi connectivity index (χ2n) is 4.42. The lowest BCUT2D eigenvalue weighted by atomic mass is 10.0. The van der Waals surface area contributed by atoms with Crippen molar-refractivity contribution in [1.82, 2.24) is 0 Å². The van der Waals surface area contributed by atoms with Crippen molar-refractivity contribution in [3.05, 3.63) is 59.9 Å². The third-order valence-electron chi connectivity index (χ3n) is 3.05. The zero-order valence-corrected chi connectivity index (χ0v) is 11.3. The molecular weight excluding hydrogens is 259 g/mol. The Kier molecular flexibility index (Phi) is 4.96. The number of hydrogen-bond acceptors (Lipinski definition) is 3. The average Bonchev–Trinajstić information content (AvgIpc) is 2.48. The van der Waals surface area contributed by atoms with Gasteiger partial charge in [0.2, 0.25) is 0 Å². The molecule has 0 bridgehead atoms. The Labute approximate surface area is 117 Å². The van der Waals surface area contributed by atoms with Gasteiger partial charge in [-0.1, -0.05) is 18.2 Å². The largest absolute Gasteiger partial charge is 0.497 e. The van der Waals surface area contributed by atoms with E-state index in [0.29, 0.717) is 5.75 Å². The third kappa shape index (κ3) is 3.71. The van der Waals surface area contributed by atoms with Gasteiger partial charge in [-0.05, 0) is 29.8 Å². The van der Waals surface area contributed by atoms with Crippen LogP contribution in [0.15, 0.2) is 48.5 Å². The number of hydrogen-bond donors (Lipinski definition) is 1. The van der Waals surface area contributed by atoms with E-state index in [1.54, 1.807) is 19.2 Å². The Bertz CT molecular complexity index is 540. The lowest BCUT2D eigenvalue weighted by Gasteiger charge is -2.16. The second kappa shape index (κ2) is 6.91. The van der Waals surface area contributed by atoms with Gasteiger partial charge in [-0.25, -0.2) is 4.39 Å². The number of halogens is 1. The van der Waals surface area contributed by atoms with Gasteiger partial charge in [0.1, 0.15) is 17.3 Å². The predicted molar refractivity (Wildman–Crippen MR) is 74.7 cm³/mol. The average molecular weight is 276 g/mol. The standard InChI is InChI=1S/C16H17FO3/c1-19-15-7-5-12(6-8-15)13(10-18)11-20-16-4-2-3-14(17)9-16/h2-9,13,18H,10-11H2,1H3. The van der Waals surface area contributed by atoms with Gasteiger partial charge in [-0.3, -0.25) is 0 Å². The first-order chi connectivity index (χ1) is 9.72. The molecule has 0 spiro atoms. The van der Waals surface area contributed by atoms with Gasteiger partial charge in [-0.15, -0.1) is 0 Å². The van der Waals surface area contributed by atoms with Crippen molar-refractivity contribution in [2.75, 3.05) is 20.3 Å². The molecule has 2 aromatic rings. The summed E-state index contributed by atoms with van der Waals surface area (Å²) in [5.41, 5.74) is 0.949. The molecule has 1 atom stereocenters. The van der Waals surface area contributed by atoms with Crippen LogP contribution in [0.3, 0.4) is 0 Å². The smallest absolute Gasteiger partial charge is 0.126 e. The molecule has 4 heteroatoms. The topological polar surface area (TPSA) is 38.7 Å². The van der Waals surface area contributed by atoms with Crippen molar-refractivity contribution in [2.24, 2.45) is 0 Å². The van der Waals surface area contributed by atoms with E-state index in [0.717, 1.165) is 11.3 Å². The van der Waals surface area contributed by atoms with Gasteiger partial charge in [0.05, 0.1) is 20.3 Å². The monoisotopic (exact) mass is 276 g/mol. The number of methoxy groups -OCH3 is 1. The van der Waals surface area contributed by atoms with Crippen molar-refractivity contribution >= 4 is 0 Å². The van der Waals surface area contributed by atoms with Crippen molar-refractivity contribution in [2.45, 2.75) is 5.92 Å². The number of ether oxygens (including phenoxy) is 2. The van der Waals surface area contributed by atoms with E-state index in [4.69, 9.17) is 9.47 Å². The number of rotatable bonds is 6.